The van der Waals surface area contributed by atoms with E-state index >= 15 is 0 Å². The summed E-state index contributed by atoms with van der Waals surface area (Å²) in [5.41, 5.74) is 2.53. The van der Waals surface area contributed by atoms with E-state index in [9.17, 15) is 17.4 Å². The highest BCUT2D eigenvalue weighted by atomic mass is 32.2. The summed E-state index contributed by atoms with van der Waals surface area (Å²) < 4.78 is 51.1. The van der Waals surface area contributed by atoms with Gasteiger partial charge in [0.15, 0.2) is 0 Å². The molecule has 0 radical (unpaired) electrons. The van der Waals surface area contributed by atoms with Gasteiger partial charge < -0.3 is 0 Å². The van der Waals surface area contributed by atoms with Gasteiger partial charge in [0, 0.05) is 16.2 Å². The van der Waals surface area contributed by atoms with Gasteiger partial charge in [0.1, 0.15) is 0 Å². The Bertz CT molecular complexity index is 1040. The molecule has 0 spiro atoms. The Morgan fingerprint density at radius 1 is 0.931 bits per heavy atom. The maximum atomic E-state index is 13.0. The van der Waals surface area contributed by atoms with Crippen molar-refractivity contribution in [2.45, 2.75) is 36.4 Å². The van der Waals surface area contributed by atoms with Crippen LogP contribution in [0.15, 0.2) is 87.6 Å². The Morgan fingerprint density at radius 3 is 2.17 bits per heavy atom. The molecule has 0 N–H and O–H groups in total. The van der Waals surface area contributed by atoms with Gasteiger partial charge in [0.05, 0.1) is 27.8 Å². The van der Waals surface area contributed by atoms with Crippen LogP contribution in [0.5, 0.6) is 0 Å². The monoisotopic (exact) mass is 415 g/mol. The lowest BCUT2D eigenvalue weighted by atomic mass is 10.1. The van der Waals surface area contributed by atoms with Gasteiger partial charge in [-0.2, -0.15) is 13.2 Å². The molecule has 3 aromatic carbocycles. The van der Waals surface area contributed by atoms with E-state index in [2.05, 4.69) is 4.99 Å². The van der Waals surface area contributed by atoms with E-state index in [4.69, 9.17) is 0 Å². The van der Waals surface area contributed by atoms with Crippen LogP contribution >= 0.6 is 0 Å². The molecule has 150 valence electrons. The molecule has 0 heterocycles. The zero-order valence-corrected chi connectivity index (χ0v) is 16.8. The van der Waals surface area contributed by atoms with Crippen molar-refractivity contribution in [3.8, 4) is 0 Å². The maximum absolute atomic E-state index is 13.0. The normalized spacial score (nSPS) is 13.3. The lowest BCUT2D eigenvalue weighted by Gasteiger charge is -2.10. The molecule has 0 aliphatic heterocycles. The van der Waals surface area contributed by atoms with E-state index in [-0.39, 0.29) is 6.54 Å². The minimum atomic E-state index is -4.35. The van der Waals surface area contributed by atoms with Crippen LogP contribution in [0.2, 0.25) is 0 Å². The van der Waals surface area contributed by atoms with Crippen LogP contribution in [-0.2, 0) is 23.5 Å². The molecule has 0 aliphatic carbocycles. The number of hydrogen-bond acceptors (Lipinski definition) is 2. The van der Waals surface area contributed by atoms with Gasteiger partial charge in [-0.1, -0.05) is 48.0 Å². The fraction of sp³-hybridized carbons (Fsp3) is 0.174. The second kappa shape index (κ2) is 8.74. The Morgan fingerprint density at radius 2 is 1.55 bits per heavy atom. The quantitative estimate of drug-likeness (QED) is 0.457. The summed E-state index contributed by atoms with van der Waals surface area (Å²) in [6.07, 6.45) is -4.35. The molecule has 0 bridgehead atoms. The van der Waals surface area contributed by atoms with Crippen LogP contribution in [0.3, 0.4) is 0 Å². The molecule has 0 saturated heterocycles. The van der Waals surface area contributed by atoms with E-state index in [1.54, 1.807) is 0 Å². The number of nitrogens with zero attached hydrogens (tertiary/aromatic N) is 1. The number of halogens is 3. The highest BCUT2D eigenvalue weighted by molar-refractivity contribution is 7.85. The van der Waals surface area contributed by atoms with Crippen LogP contribution < -0.4 is 0 Å². The van der Waals surface area contributed by atoms with E-state index in [1.165, 1.54) is 12.1 Å². The second-order valence-corrected chi connectivity index (χ2v) is 8.12. The lowest BCUT2D eigenvalue weighted by molar-refractivity contribution is -0.137. The van der Waals surface area contributed by atoms with Crippen LogP contribution in [0.25, 0.3) is 0 Å². The minimum Gasteiger partial charge on any atom is -0.285 e. The molecular weight excluding hydrogens is 395 g/mol. The van der Waals surface area contributed by atoms with Crippen molar-refractivity contribution in [1.29, 1.82) is 0 Å². The molecule has 2 nitrogen and oxygen atoms in total. The first kappa shape index (κ1) is 21.0. The zero-order chi connectivity index (χ0) is 21.0. The van der Waals surface area contributed by atoms with Gasteiger partial charge in [-0.3, -0.25) is 4.99 Å². The van der Waals surface area contributed by atoms with Gasteiger partial charge in [-0.15, -0.1) is 0 Å². The van der Waals surface area contributed by atoms with Crippen molar-refractivity contribution in [1.82, 2.24) is 0 Å². The van der Waals surface area contributed by atoms with E-state index in [0.29, 0.717) is 21.1 Å². The molecule has 0 unspecified atom stereocenters. The standard InChI is InChI=1S/C23H20F3NOS/c1-16-7-13-20(14-8-16)29(28)22-6-4-3-5-21(22)17(2)27-15-18-9-11-19(12-10-18)23(24,25)26/h3-14H,15H2,1-2H3/t29-/m0/s1. The summed E-state index contributed by atoms with van der Waals surface area (Å²) in [5, 5.41) is 0. The Labute approximate surface area is 170 Å². The minimum absolute atomic E-state index is 0.246. The third-order valence-electron chi connectivity index (χ3n) is 4.49. The molecule has 0 fully saturated rings. The van der Waals surface area contributed by atoms with Crippen LogP contribution in [0.1, 0.15) is 29.2 Å². The summed E-state index contributed by atoms with van der Waals surface area (Å²) in [6.45, 7) is 4.03. The SMILES string of the molecule is CC(=NCc1ccc(C(F)(F)F)cc1)c1ccccc1[S@@](=O)c1ccc(C)cc1. The number of hydrogen-bond donors (Lipinski definition) is 0. The molecule has 0 aliphatic rings. The summed E-state index contributed by atoms with van der Waals surface area (Å²) >= 11 is 0. The fourth-order valence-electron chi connectivity index (χ4n) is 2.81. The zero-order valence-electron chi connectivity index (χ0n) is 16.0. The third-order valence-corrected chi connectivity index (χ3v) is 5.95. The summed E-state index contributed by atoms with van der Waals surface area (Å²) in [4.78, 5) is 5.87. The molecule has 3 aromatic rings. The van der Waals surface area contributed by atoms with Crippen LogP contribution in [0, 0.1) is 6.92 Å². The highest BCUT2D eigenvalue weighted by Crippen LogP contribution is 2.29. The Kier molecular flexibility index (Phi) is 6.33. The van der Waals surface area contributed by atoms with Gasteiger partial charge in [-0.25, -0.2) is 4.21 Å². The third kappa shape index (κ3) is 5.21. The van der Waals surface area contributed by atoms with Gasteiger partial charge in [0.2, 0.25) is 0 Å². The maximum Gasteiger partial charge on any atom is 0.416 e. The highest BCUT2D eigenvalue weighted by Gasteiger charge is 2.29. The average molecular weight is 415 g/mol. The number of alkyl halides is 3. The predicted octanol–water partition coefficient (Wildman–Crippen LogP) is 6.19. The van der Waals surface area contributed by atoms with Crippen molar-refractivity contribution in [3.63, 3.8) is 0 Å². The molecule has 29 heavy (non-hydrogen) atoms. The molecule has 0 amide bonds. The lowest BCUT2D eigenvalue weighted by Crippen LogP contribution is -2.05. The molecule has 6 heteroatoms. The smallest absolute Gasteiger partial charge is 0.285 e. The number of benzene rings is 3. The molecule has 0 saturated carbocycles. The average Bonchev–Trinajstić information content (AvgIpc) is 2.71. The summed E-state index contributed by atoms with van der Waals surface area (Å²) in [7, 11) is -1.35. The topological polar surface area (TPSA) is 29.4 Å². The van der Waals surface area contributed by atoms with Crippen LogP contribution in [-0.4, -0.2) is 9.92 Å². The first-order chi connectivity index (χ1) is 13.8. The molecule has 1 atom stereocenters. The summed E-state index contributed by atoms with van der Waals surface area (Å²) in [5.74, 6) is 0. The van der Waals surface area contributed by atoms with Crippen LogP contribution in [0.4, 0.5) is 13.2 Å². The predicted molar refractivity (Wildman–Crippen MR) is 110 cm³/mol. The number of aliphatic imine (C=N–C) groups is 1. The first-order valence-corrected chi connectivity index (χ1v) is 10.2. The van der Waals surface area contributed by atoms with Crippen molar-refractivity contribution in [2.24, 2.45) is 4.99 Å². The number of aryl methyl sites for hydroxylation is 1. The molecule has 3 rings (SSSR count). The number of rotatable bonds is 5. The molecular formula is C23H20F3NOS. The van der Waals surface area contributed by atoms with E-state index in [0.717, 1.165) is 23.3 Å². The van der Waals surface area contributed by atoms with Crippen molar-refractivity contribution >= 4 is 16.5 Å². The van der Waals surface area contributed by atoms with Crippen molar-refractivity contribution in [2.75, 3.05) is 0 Å². The first-order valence-electron chi connectivity index (χ1n) is 9.01. The van der Waals surface area contributed by atoms with Gasteiger partial charge >= 0.3 is 6.18 Å². The van der Waals surface area contributed by atoms with Gasteiger partial charge in [0.25, 0.3) is 0 Å². The van der Waals surface area contributed by atoms with Crippen molar-refractivity contribution < 1.29 is 17.4 Å². The summed E-state index contributed by atoms with van der Waals surface area (Å²) in [6, 6.07) is 19.8. The molecule has 0 aromatic heterocycles. The van der Waals surface area contributed by atoms with Crippen molar-refractivity contribution in [3.05, 3.63) is 95.1 Å². The Hall–Kier alpha value is -2.73. The second-order valence-electron chi connectivity index (χ2n) is 6.67. The Balaban J connectivity index is 1.83. The van der Waals surface area contributed by atoms with E-state index < -0.39 is 22.5 Å². The van der Waals surface area contributed by atoms with Gasteiger partial charge in [-0.05, 0) is 49.7 Å². The fourth-order valence-corrected chi connectivity index (χ4v) is 4.07. The largest absolute Gasteiger partial charge is 0.416 e. The van der Waals surface area contributed by atoms with E-state index in [1.807, 2.05) is 62.4 Å².